The van der Waals surface area contributed by atoms with E-state index in [-0.39, 0.29) is 6.23 Å². The molecule has 0 unspecified atom stereocenters. The Labute approximate surface area is 179 Å². The average molecular weight is 413 g/mol. The number of rotatable bonds is 4. The summed E-state index contributed by atoms with van der Waals surface area (Å²) in [6.07, 6.45) is -0.361. The van der Waals surface area contributed by atoms with Crippen LogP contribution in [0.4, 0.5) is 5.69 Å². The second-order valence-electron chi connectivity index (χ2n) is 7.12. The van der Waals surface area contributed by atoms with Crippen LogP contribution in [0.3, 0.4) is 0 Å². The van der Waals surface area contributed by atoms with E-state index in [0.29, 0.717) is 16.7 Å². The fourth-order valence-corrected chi connectivity index (χ4v) is 4.05. The SMILES string of the molecule is Cc1ccc(CSc2nnc3c(n2)O[C@@H](c2ccccc2)Nc2ccccc2-3)cc1. The van der Waals surface area contributed by atoms with E-state index in [1.54, 1.807) is 11.8 Å². The summed E-state index contributed by atoms with van der Waals surface area (Å²) in [5.41, 5.74) is 6.02. The molecular weight excluding hydrogens is 392 g/mol. The van der Waals surface area contributed by atoms with Gasteiger partial charge >= 0.3 is 0 Å². The average Bonchev–Trinajstić information content (AvgIpc) is 2.96. The van der Waals surface area contributed by atoms with Crippen molar-refractivity contribution in [1.29, 1.82) is 0 Å². The van der Waals surface area contributed by atoms with Gasteiger partial charge in [0.2, 0.25) is 11.0 Å². The molecule has 30 heavy (non-hydrogen) atoms. The number of anilines is 1. The van der Waals surface area contributed by atoms with Gasteiger partial charge < -0.3 is 10.1 Å². The number of aromatic nitrogens is 3. The number of aryl methyl sites for hydroxylation is 1. The van der Waals surface area contributed by atoms with E-state index in [0.717, 1.165) is 22.6 Å². The van der Waals surface area contributed by atoms with Gasteiger partial charge in [-0.2, -0.15) is 4.98 Å². The molecule has 0 fully saturated rings. The molecule has 0 saturated carbocycles. The van der Waals surface area contributed by atoms with Crippen LogP contribution in [-0.2, 0) is 5.75 Å². The molecule has 2 heterocycles. The quantitative estimate of drug-likeness (QED) is 0.438. The van der Waals surface area contributed by atoms with Gasteiger partial charge in [-0.1, -0.05) is 90.1 Å². The summed E-state index contributed by atoms with van der Waals surface area (Å²) >= 11 is 1.55. The first-order valence-corrected chi connectivity index (χ1v) is 10.8. The first-order chi connectivity index (χ1) is 14.8. The maximum atomic E-state index is 6.30. The van der Waals surface area contributed by atoms with Crippen molar-refractivity contribution in [3.05, 3.63) is 95.6 Å². The van der Waals surface area contributed by atoms with Gasteiger partial charge in [0.1, 0.15) is 0 Å². The van der Waals surface area contributed by atoms with Crippen LogP contribution in [0.2, 0.25) is 0 Å². The number of para-hydroxylation sites is 1. The number of hydrogen-bond donors (Lipinski definition) is 1. The number of nitrogens with one attached hydrogen (secondary N) is 1. The van der Waals surface area contributed by atoms with Crippen LogP contribution in [0.25, 0.3) is 11.3 Å². The predicted molar refractivity (Wildman–Crippen MR) is 119 cm³/mol. The summed E-state index contributed by atoms with van der Waals surface area (Å²) in [5, 5.41) is 12.9. The van der Waals surface area contributed by atoms with Crippen molar-refractivity contribution in [2.24, 2.45) is 0 Å². The van der Waals surface area contributed by atoms with E-state index in [2.05, 4.69) is 46.7 Å². The molecule has 0 saturated heterocycles. The lowest BCUT2D eigenvalue weighted by atomic mass is 10.1. The normalized spacial score (nSPS) is 14.6. The van der Waals surface area contributed by atoms with Crippen molar-refractivity contribution in [3.63, 3.8) is 0 Å². The zero-order valence-corrected chi connectivity index (χ0v) is 17.3. The monoisotopic (exact) mass is 412 g/mol. The lowest BCUT2D eigenvalue weighted by Crippen LogP contribution is -2.17. The van der Waals surface area contributed by atoms with E-state index in [4.69, 9.17) is 9.72 Å². The topological polar surface area (TPSA) is 59.9 Å². The standard InChI is InChI=1S/C24H20N4OS/c1-16-11-13-17(14-12-16)15-30-24-26-23-21(27-28-24)19-9-5-6-10-20(19)25-22(29-23)18-7-3-2-4-8-18/h2-14,22,25H,15H2,1H3/t22-/m0/s1. The summed E-state index contributed by atoms with van der Waals surface area (Å²) in [5.74, 6) is 1.26. The largest absolute Gasteiger partial charge is 0.448 e. The maximum absolute atomic E-state index is 6.30. The highest BCUT2D eigenvalue weighted by Crippen LogP contribution is 2.39. The molecule has 1 aliphatic heterocycles. The number of hydrogen-bond acceptors (Lipinski definition) is 6. The van der Waals surface area contributed by atoms with Crippen LogP contribution in [0.15, 0.2) is 84.0 Å². The van der Waals surface area contributed by atoms with Crippen molar-refractivity contribution in [2.75, 3.05) is 5.32 Å². The highest BCUT2D eigenvalue weighted by atomic mass is 32.2. The number of thioether (sulfide) groups is 1. The third-order valence-corrected chi connectivity index (χ3v) is 5.83. The van der Waals surface area contributed by atoms with Crippen molar-refractivity contribution in [1.82, 2.24) is 15.2 Å². The Morgan fingerprint density at radius 1 is 0.900 bits per heavy atom. The molecule has 6 heteroatoms. The Morgan fingerprint density at radius 2 is 1.67 bits per heavy atom. The molecule has 0 radical (unpaired) electrons. The zero-order valence-electron chi connectivity index (χ0n) is 16.4. The summed E-state index contributed by atoms with van der Waals surface area (Å²) in [6, 6.07) is 26.5. The molecule has 0 spiro atoms. The molecule has 148 valence electrons. The molecule has 0 amide bonds. The molecule has 1 atom stereocenters. The molecule has 5 rings (SSSR count). The third kappa shape index (κ3) is 3.86. The van der Waals surface area contributed by atoms with Gasteiger partial charge in [0.25, 0.3) is 0 Å². The van der Waals surface area contributed by atoms with Gasteiger partial charge in [0, 0.05) is 22.6 Å². The molecule has 1 N–H and O–H groups in total. The van der Waals surface area contributed by atoms with Crippen molar-refractivity contribution < 1.29 is 4.74 Å². The van der Waals surface area contributed by atoms with Crippen LogP contribution < -0.4 is 10.1 Å². The van der Waals surface area contributed by atoms with Gasteiger partial charge in [0.15, 0.2) is 11.9 Å². The van der Waals surface area contributed by atoms with Crippen LogP contribution in [-0.4, -0.2) is 15.2 Å². The Balaban J connectivity index is 1.48. The van der Waals surface area contributed by atoms with Crippen molar-refractivity contribution in [3.8, 4) is 17.1 Å². The second-order valence-corrected chi connectivity index (χ2v) is 8.06. The van der Waals surface area contributed by atoms with E-state index in [1.165, 1.54) is 11.1 Å². The van der Waals surface area contributed by atoms with E-state index in [9.17, 15) is 0 Å². The predicted octanol–water partition coefficient (Wildman–Crippen LogP) is 5.64. The van der Waals surface area contributed by atoms with Gasteiger partial charge in [-0.25, -0.2) is 0 Å². The highest BCUT2D eigenvalue weighted by Gasteiger charge is 2.25. The first kappa shape index (κ1) is 18.6. The van der Waals surface area contributed by atoms with Gasteiger partial charge in [-0.05, 0) is 18.6 Å². The summed E-state index contributed by atoms with van der Waals surface area (Å²) in [7, 11) is 0. The molecule has 0 bridgehead atoms. The number of nitrogens with zero attached hydrogens (tertiary/aromatic N) is 3. The summed E-state index contributed by atoms with van der Waals surface area (Å²) in [6.45, 7) is 2.09. The smallest absolute Gasteiger partial charge is 0.247 e. The molecule has 4 aromatic rings. The molecule has 3 aromatic carbocycles. The van der Waals surface area contributed by atoms with Gasteiger partial charge in [0.05, 0.1) is 0 Å². The third-order valence-electron chi connectivity index (χ3n) is 4.92. The lowest BCUT2D eigenvalue weighted by Gasteiger charge is -2.19. The molecule has 5 nitrogen and oxygen atoms in total. The molecule has 0 aliphatic carbocycles. The van der Waals surface area contributed by atoms with Crippen LogP contribution in [0.1, 0.15) is 22.9 Å². The van der Waals surface area contributed by atoms with Crippen LogP contribution in [0.5, 0.6) is 5.88 Å². The lowest BCUT2D eigenvalue weighted by molar-refractivity contribution is 0.225. The fraction of sp³-hybridized carbons (Fsp3) is 0.125. The van der Waals surface area contributed by atoms with Gasteiger partial charge in [-0.15, -0.1) is 10.2 Å². The highest BCUT2D eigenvalue weighted by molar-refractivity contribution is 7.98. The summed E-state index contributed by atoms with van der Waals surface area (Å²) < 4.78 is 6.30. The minimum Gasteiger partial charge on any atom is -0.448 e. The first-order valence-electron chi connectivity index (χ1n) is 9.77. The van der Waals surface area contributed by atoms with Crippen LogP contribution in [0, 0.1) is 6.92 Å². The fourth-order valence-electron chi connectivity index (χ4n) is 3.32. The van der Waals surface area contributed by atoms with Crippen LogP contribution >= 0.6 is 11.8 Å². The molecule has 1 aromatic heterocycles. The van der Waals surface area contributed by atoms with Crippen molar-refractivity contribution >= 4 is 17.4 Å². The van der Waals surface area contributed by atoms with Crippen molar-refractivity contribution in [2.45, 2.75) is 24.1 Å². The maximum Gasteiger partial charge on any atom is 0.247 e. The number of benzene rings is 3. The number of fused-ring (bicyclic) bond motifs is 3. The Kier molecular flexibility index (Phi) is 5.07. The zero-order chi connectivity index (χ0) is 20.3. The minimum atomic E-state index is -0.361. The molecule has 1 aliphatic rings. The Morgan fingerprint density at radius 3 is 2.50 bits per heavy atom. The van der Waals surface area contributed by atoms with E-state index < -0.39 is 0 Å². The number of ether oxygens (including phenoxy) is 1. The van der Waals surface area contributed by atoms with Gasteiger partial charge in [-0.3, -0.25) is 0 Å². The molecular formula is C24H20N4OS. The Hall–Kier alpha value is -3.38. The minimum absolute atomic E-state index is 0.361. The van der Waals surface area contributed by atoms with E-state index >= 15 is 0 Å². The Bertz CT molecular complexity index is 1170. The second kappa shape index (κ2) is 8.16. The van der Waals surface area contributed by atoms with E-state index in [1.807, 2.05) is 54.6 Å². The summed E-state index contributed by atoms with van der Waals surface area (Å²) in [4.78, 5) is 4.71.